The third-order valence-corrected chi connectivity index (χ3v) is 8.43. The van der Waals surface area contributed by atoms with Crippen molar-refractivity contribution in [2.24, 2.45) is 0 Å². The van der Waals surface area contributed by atoms with E-state index in [1.807, 2.05) is 6.08 Å². The van der Waals surface area contributed by atoms with Crippen molar-refractivity contribution in [3.05, 3.63) is 12.7 Å². The number of rotatable bonds is 28. The van der Waals surface area contributed by atoms with Gasteiger partial charge in [0, 0.05) is 12.8 Å². The smallest absolute Gasteiger partial charge is 0.306 e. The van der Waals surface area contributed by atoms with Gasteiger partial charge in [0.25, 0.3) is 0 Å². The first-order valence-corrected chi connectivity index (χ1v) is 17.3. The van der Waals surface area contributed by atoms with Crippen LogP contribution in [-0.2, 0) is 14.3 Å². The van der Waals surface area contributed by atoms with E-state index >= 15 is 0 Å². The molecule has 0 bridgehead atoms. The van der Waals surface area contributed by atoms with Crippen molar-refractivity contribution < 1.29 is 19.4 Å². The topological polar surface area (TPSA) is 55.8 Å². The Morgan fingerprint density at radius 2 is 1.31 bits per heavy atom. The average Bonchev–Trinajstić information content (AvgIpc) is 3.33. The number of hydrogen-bond acceptors (Lipinski definition) is 4. The van der Waals surface area contributed by atoms with Crippen LogP contribution < -0.4 is 0 Å². The minimum Gasteiger partial charge on any atom is -0.459 e. The molecule has 0 spiro atoms. The Morgan fingerprint density at radius 1 is 0.795 bits per heavy atom. The van der Waals surface area contributed by atoms with Gasteiger partial charge in [0.2, 0.25) is 0 Å². The van der Waals surface area contributed by atoms with Crippen molar-refractivity contribution in [2.45, 2.75) is 205 Å². The standard InChI is InChI=1S/C35H66O4/c1-4-7-10-12-14-15-16-17-18-19-21-23-26-29-35(37)39-34-30-33(38-32(34)28-24-9-6-3)31(36)27-25-22-20-13-11-8-5-2/h5,31-34,36H,2,4,6-30H2,1,3H3. The number of aliphatic hydroxyl groups is 1. The van der Waals surface area contributed by atoms with Gasteiger partial charge in [-0.05, 0) is 32.1 Å². The molecule has 0 radical (unpaired) electrons. The fourth-order valence-corrected chi connectivity index (χ4v) is 5.84. The zero-order chi connectivity index (χ0) is 28.4. The van der Waals surface area contributed by atoms with E-state index in [-0.39, 0.29) is 24.3 Å². The Bertz CT molecular complexity index is 563. The molecule has 1 aliphatic rings. The van der Waals surface area contributed by atoms with E-state index in [0.29, 0.717) is 12.8 Å². The van der Waals surface area contributed by atoms with Crippen LogP contribution in [0.3, 0.4) is 0 Å². The number of ether oxygens (including phenoxy) is 2. The maximum atomic E-state index is 12.6. The van der Waals surface area contributed by atoms with Crippen LogP contribution in [-0.4, -0.2) is 35.5 Å². The Labute approximate surface area is 243 Å². The fourth-order valence-electron chi connectivity index (χ4n) is 5.84. The van der Waals surface area contributed by atoms with E-state index in [4.69, 9.17) is 9.47 Å². The molecule has 0 saturated carbocycles. The molecule has 0 aromatic heterocycles. The molecule has 0 aromatic rings. The van der Waals surface area contributed by atoms with Crippen molar-refractivity contribution in [3.8, 4) is 0 Å². The van der Waals surface area contributed by atoms with Gasteiger partial charge in [-0.2, -0.15) is 0 Å². The van der Waals surface area contributed by atoms with E-state index < -0.39 is 6.10 Å². The zero-order valence-corrected chi connectivity index (χ0v) is 26.2. The molecule has 39 heavy (non-hydrogen) atoms. The van der Waals surface area contributed by atoms with Crippen LogP contribution in [0.25, 0.3) is 0 Å². The number of esters is 1. The largest absolute Gasteiger partial charge is 0.459 e. The molecular weight excluding hydrogens is 484 g/mol. The van der Waals surface area contributed by atoms with Gasteiger partial charge in [-0.25, -0.2) is 0 Å². The van der Waals surface area contributed by atoms with Gasteiger partial charge in [0.1, 0.15) is 6.10 Å². The monoisotopic (exact) mass is 550 g/mol. The Kier molecular flexibility index (Phi) is 24.2. The van der Waals surface area contributed by atoms with Crippen LogP contribution in [0.2, 0.25) is 0 Å². The van der Waals surface area contributed by atoms with Gasteiger partial charge >= 0.3 is 5.97 Å². The van der Waals surface area contributed by atoms with Crippen LogP contribution >= 0.6 is 0 Å². The molecule has 1 saturated heterocycles. The zero-order valence-electron chi connectivity index (χ0n) is 26.2. The van der Waals surface area contributed by atoms with E-state index in [0.717, 1.165) is 57.8 Å². The van der Waals surface area contributed by atoms with Crippen molar-refractivity contribution in [3.63, 3.8) is 0 Å². The first kappa shape index (κ1) is 36.2. The first-order chi connectivity index (χ1) is 19.1. The molecule has 1 rings (SSSR count). The second kappa shape index (κ2) is 26.1. The third kappa shape index (κ3) is 19.8. The summed E-state index contributed by atoms with van der Waals surface area (Å²) in [6.45, 7) is 8.26. The lowest BCUT2D eigenvalue weighted by molar-refractivity contribution is -0.152. The third-order valence-electron chi connectivity index (χ3n) is 8.43. The molecule has 4 unspecified atom stereocenters. The van der Waals surface area contributed by atoms with E-state index in [2.05, 4.69) is 20.4 Å². The molecule has 0 amide bonds. The highest BCUT2D eigenvalue weighted by molar-refractivity contribution is 5.69. The number of aliphatic hydroxyl groups excluding tert-OH is 1. The van der Waals surface area contributed by atoms with E-state index in [1.54, 1.807) is 0 Å². The van der Waals surface area contributed by atoms with Crippen LogP contribution in [0.1, 0.15) is 181 Å². The predicted molar refractivity (Wildman–Crippen MR) is 166 cm³/mol. The molecule has 4 nitrogen and oxygen atoms in total. The molecule has 1 heterocycles. The summed E-state index contributed by atoms with van der Waals surface area (Å²) in [7, 11) is 0. The minimum atomic E-state index is -0.461. The highest BCUT2D eigenvalue weighted by atomic mass is 16.6. The van der Waals surface area contributed by atoms with Crippen molar-refractivity contribution in [1.29, 1.82) is 0 Å². The molecule has 0 aliphatic carbocycles. The molecular formula is C35H66O4. The van der Waals surface area contributed by atoms with Gasteiger partial charge in [0.05, 0.1) is 18.3 Å². The molecule has 230 valence electrons. The predicted octanol–water partition coefficient (Wildman–Crippen LogP) is 10.4. The summed E-state index contributed by atoms with van der Waals surface area (Å²) in [4.78, 5) is 12.6. The summed E-state index contributed by atoms with van der Waals surface area (Å²) >= 11 is 0. The summed E-state index contributed by atoms with van der Waals surface area (Å²) in [5.74, 6) is -0.0816. The van der Waals surface area contributed by atoms with Gasteiger partial charge in [-0.1, -0.05) is 142 Å². The summed E-state index contributed by atoms with van der Waals surface area (Å²) in [5.41, 5.74) is 0. The maximum Gasteiger partial charge on any atom is 0.306 e. The summed E-state index contributed by atoms with van der Waals surface area (Å²) < 4.78 is 12.2. The number of carbonyl (C=O) groups excluding carboxylic acids is 1. The molecule has 4 atom stereocenters. The highest BCUT2D eigenvalue weighted by Crippen LogP contribution is 2.31. The van der Waals surface area contributed by atoms with Gasteiger partial charge in [0.15, 0.2) is 0 Å². The Balaban J connectivity index is 2.20. The quantitative estimate of drug-likeness (QED) is 0.0598. The Hall–Kier alpha value is -0.870. The number of unbranched alkanes of at least 4 members (excludes halogenated alkanes) is 19. The summed E-state index contributed by atoms with van der Waals surface area (Å²) in [6.07, 6.45) is 31.2. The Morgan fingerprint density at radius 3 is 1.90 bits per heavy atom. The lowest BCUT2D eigenvalue weighted by Gasteiger charge is -2.20. The van der Waals surface area contributed by atoms with Crippen LogP contribution in [0, 0.1) is 0 Å². The highest BCUT2D eigenvalue weighted by Gasteiger charge is 2.40. The van der Waals surface area contributed by atoms with Crippen LogP contribution in [0.15, 0.2) is 12.7 Å². The number of allylic oxidation sites excluding steroid dienone is 1. The van der Waals surface area contributed by atoms with E-state index in [1.165, 1.54) is 96.3 Å². The number of hydrogen-bond donors (Lipinski definition) is 1. The SMILES string of the molecule is C=CCCCCCCCC(O)C1CC(OC(=O)CCCCCCCCCCCCCCC)C(CCCCC)O1. The van der Waals surface area contributed by atoms with Crippen LogP contribution in [0.4, 0.5) is 0 Å². The summed E-state index contributed by atoms with van der Waals surface area (Å²) in [6, 6.07) is 0. The van der Waals surface area contributed by atoms with Crippen LogP contribution in [0.5, 0.6) is 0 Å². The van der Waals surface area contributed by atoms with Crippen molar-refractivity contribution in [2.75, 3.05) is 0 Å². The normalized spacial score (nSPS) is 19.8. The van der Waals surface area contributed by atoms with Gasteiger partial charge in [-0.15, -0.1) is 6.58 Å². The molecule has 1 aliphatic heterocycles. The average molecular weight is 551 g/mol. The second-order valence-corrected chi connectivity index (χ2v) is 12.2. The maximum absolute atomic E-state index is 12.6. The van der Waals surface area contributed by atoms with Crippen molar-refractivity contribution in [1.82, 2.24) is 0 Å². The molecule has 0 aromatic carbocycles. The summed E-state index contributed by atoms with van der Waals surface area (Å²) in [5, 5.41) is 10.8. The van der Waals surface area contributed by atoms with E-state index in [9.17, 15) is 9.90 Å². The fraction of sp³-hybridized carbons (Fsp3) is 0.914. The van der Waals surface area contributed by atoms with Crippen molar-refractivity contribution >= 4 is 5.97 Å². The molecule has 1 N–H and O–H groups in total. The number of carbonyl (C=O) groups is 1. The first-order valence-electron chi connectivity index (χ1n) is 17.3. The van der Waals surface area contributed by atoms with Gasteiger partial charge in [-0.3, -0.25) is 4.79 Å². The van der Waals surface area contributed by atoms with Gasteiger partial charge < -0.3 is 14.6 Å². The molecule has 4 heteroatoms. The second-order valence-electron chi connectivity index (χ2n) is 12.2. The molecule has 1 fully saturated rings. The lowest BCUT2D eigenvalue weighted by Crippen LogP contribution is -2.27. The minimum absolute atomic E-state index is 0.0642. The lowest BCUT2D eigenvalue weighted by atomic mass is 10.00.